The quantitative estimate of drug-likeness (QED) is 0.490. The molecule has 2 aromatic rings. The number of fused-ring (bicyclic) bond motifs is 3. The molecule has 2 aliphatic rings. The highest BCUT2D eigenvalue weighted by atomic mass is 16.5. The van der Waals surface area contributed by atoms with Gasteiger partial charge >= 0.3 is 12.1 Å². The zero-order chi connectivity index (χ0) is 24.9. The zero-order valence-corrected chi connectivity index (χ0v) is 20.3. The van der Waals surface area contributed by atoms with Crippen molar-refractivity contribution in [3.8, 4) is 11.1 Å². The Hall–Kier alpha value is -3.35. The summed E-state index contributed by atoms with van der Waals surface area (Å²) in [7, 11) is 0. The van der Waals surface area contributed by atoms with Crippen molar-refractivity contribution in [1.82, 2.24) is 10.6 Å². The summed E-state index contributed by atoms with van der Waals surface area (Å²) in [5, 5.41) is 15.1. The van der Waals surface area contributed by atoms with Gasteiger partial charge in [-0.3, -0.25) is 9.59 Å². The zero-order valence-electron chi connectivity index (χ0n) is 20.3. The molecule has 1 saturated carbocycles. The fourth-order valence-electron chi connectivity index (χ4n) is 5.37. The minimum absolute atomic E-state index is 0.0254. The molecule has 3 N–H and O–H groups in total. The lowest BCUT2D eigenvalue weighted by Gasteiger charge is -2.23. The van der Waals surface area contributed by atoms with Crippen LogP contribution in [-0.4, -0.2) is 42.3 Å². The average Bonchev–Trinajstić information content (AvgIpc) is 3.44. The fraction of sp³-hybridized carbons (Fsp3) is 0.464. The first-order valence-electron chi connectivity index (χ1n) is 12.5. The van der Waals surface area contributed by atoms with Crippen molar-refractivity contribution in [2.45, 2.75) is 51.5 Å². The predicted octanol–water partition coefficient (Wildman–Crippen LogP) is 4.56. The fourth-order valence-corrected chi connectivity index (χ4v) is 5.37. The van der Waals surface area contributed by atoms with E-state index in [0.717, 1.165) is 24.0 Å². The van der Waals surface area contributed by atoms with Crippen LogP contribution in [0.25, 0.3) is 11.1 Å². The molecule has 2 aliphatic carbocycles. The average molecular weight is 479 g/mol. The number of carbonyl (C=O) groups is 3. The van der Waals surface area contributed by atoms with Gasteiger partial charge in [-0.2, -0.15) is 0 Å². The van der Waals surface area contributed by atoms with Crippen molar-refractivity contribution in [1.29, 1.82) is 0 Å². The Morgan fingerprint density at radius 3 is 2.23 bits per heavy atom. The van der Waals surface area contributed by atoms with E-state index in [1.54, 1.807) is 0 Å². The first kappa shape index (κ1) is 24.8. The molecule has 0 saturated heterocycles. The summed E-state index contributed by atoms with van der Waals surface area (Å²) >= 11 is 0. The Bertz CT molecular complexity index is 1040. The van der Waals surface area contributed by atoms with Crippen LogP contribution in [0.15, 0.2) is 48.5 Å². The van der Waals surface area contributed by atoms with Gasteiger partial charge in [0.25, 0.3) is 0 Å². The van der Waals surface area contributed by atoms with E-state index in [0.29, 0.717) is 13.0 Å². The third kappa shape index (κ3) is 5.66. The lowest BCUT2D eigenvalue weighted by atomic mass is 9.96. The first-order valence-corrected chi connectivity index (χ1v) is 12.5. The van der Waals surface area contributed by atoms with Gasteiger partial charge in [-0.05, 0) is 46.9 Å². The van der Waals surface area contributed by atoms with E-state index in [1.807, 2.05) is 38.1 Å². The van der Waals surface area contributed by atoms with Crippen LogP contribution in [0.1, 0.15) is 56.6 Å². The minimum Gasteiger partial charge on any atom is -0.481 e. The van der Waals surface area contributed by atoms with Gasteiger partial charge in [0.05, 0.1) is 5.92 Å². The number of benzene rings is 2. The maximum absolute atomic E-state index is 12.7. The van der Waals surface area contributed by atoms with Gasteiger partial charge < -0.3 is 20.5 Å². The number of alkyl carbamates (subject to hydrolysis) is 1. The minimum atomic E-state index is -0.793. The molecule has 186 valence electrons. The number of amides is 2. The number of carboxylic acids is 1. The Labute approximate surface area is 206 Å². The van der Waals surface area contributed by atoms with Gasteiger partial charge in [0, 0.05) is 24.9 Å². The number of hydrogen-bond acceptors (Lipinski definition) is 4. The van der Waals surface area contributed by atoms with E-state index in [-0.39, 0.29) is 42.7 Å². The van der Waals surface area contributed by atoms with Crippen LogP contribution >= 0.6 is 0 Å². The number of rotatable bonds is 9. The Balaban J connectivity index is 1.30. The molecule has 0 unspecified atom stereocenters. The summed E-state index contributed by atoms with van der Waals surface area (Å²) in [6.07, 6.45) is 1.92. The SMILES string of the molecule is CC(C)[C@H](CC(=O)NC[C@@H]1CCC[C@@H]1C(=O)O)NC(=O)OCC1c2ccccc2-c2ccccc21. The summed E-state index contributed by atoms with van der Waals surface area (Å²) in [6, 6.07) is 16.0. The third-order valence-corrected chi connectivity index (χ3v) is 7.39. The van der Waals surface area contributed by atoms with E-state index < -0.39 is 18.0 Å². The van der Waals surface area contributed by atoms with Crippen LogP contribution in [0, 0.1) is 17.8 Å². The second-order valence-corrected chi connectivity index (χ2v) is 9.96. The monoisotopic (exact) mass is 478 g/mol. The Morgan fingerprint density at radius 1 is 1.00 bits per heavy atom. The van der Waals surface area contributed by atoms with Crippen molar-refractivity contribution in [2.24, 2.45) is 17.8 Å². The van der Waals surface area contributed by atoms with Crippen molar-refractivity contribution < 1.29 is 24.2 Å². The second-order valence-electron chi connectivity index (χ2n) is 9.96. The van der Waals surface area contributed by atoms with Crippen molar-refractivity contribution >= 4 is 18.0 Å². The molecule has 1 fully saturated rings. The molecular formula is C28H34N2O5. The summed E-state index contributed by atoms with van der Waals surface area (Å²) in [5.74, 6) is -1.42. The highest BCUT2D eigenvalue weighted by Gasteiger charge is 2.33. The molecular weight excluding hydrogens is 444 g/mol. The highest BCUT2D eigenvalue weighted by molar-refractivity contribution is 5.80. The molecule has 0 spiro atoms. The van der Waals surface area contributed by atoms with Crippen molar-refractivity contribution in [3.63, 3.8) is 0 Å². The standard InChI is InChI=1S/C28H34N2O5/c1-17(2)25(14-26(31)29-15-18-8-7-13-19(18)27(32)33)30-28(34)35-16-24-22-11-5-3-9-20(22)21-10-4-6-12-23(21)24/h3-6,9-12,17-19,24-25H,7-8,13-16H2,1-2H3,(H,29,31)(H,30,34)(H,32,33)/t18-,19-,25-/m0/s1. The molecule has 2 amide bonds. The van der Waals surface area contributed by atoms with Gasteiger partial charge in [0.2, 0.25) is 5.91 Å². The van der Waals surface area contributed by atoms with Crippen LogP contribution in [0.5, 0.6) is 0 Å². The summed E-state index contributed by atoms with van der Waals surface area (Å²) in [4.78, 5) is 36.6. The molecule has 2 aromatic carbocycles. The number of nitrogens with one attached hydrogen (secondary N) is 2. The molecule has 0 aromatic heterocycles. The van der Waals surface area contributed by atoms with E-state index in [9.17, 15) is 19.5 Å². The number of hydrogen-bond donors (Lipinski definition) is 3. The summed E-state index contributed by atoms with van der Waals surface area (Å²) in [6.45, 7) is 4.46. The lowest BCUT2D eigenvalue weighted by molar-refractivity contribution is -0.143. The van der Waals surface area contributed by atoms with Gasteiger partial charge in [-0.1, -0.05) is 68.8 Å². The molecule has 7 heteroatoms. The van der Waals surface area contributed by atoms with Gasteiger partial charge in [0.1, 0.15) is 6.61 Å². The lowest BCUT2D eigenvalue weighted by Crippen LogP contribution is -2.43. The molecule has 3 atom stereocenters. The maximum atomic E-state index is 12.7. The number of carboxylic acid groups (broad SMARTS) is 1. The van der Waals surface area contributed by atoms with Crippen LogP contribution < -0.4 is 10.6 Å². The smallest absolute Gasteiger partial charge is 0.407 e. The maximum Gasteiger partial charge on any atom is 0.407 e. The van der Waals surface area contributed by atoms with E-state index in [4.69, 9.17) is 4.74 Å². The molecule has 0 aliphatic heterocycles. The van der Waals surface area contributed by atoms with Gasteiger partial charge in [0.15, 0.2) is 0 Å². The largest absolute Gasteiger partial charge is 0.481 e. The van der Waals surface area contributed by atoms with Gasteiger partial charge in [-0.15, -0.1) is 0 Å². The molecule has 0 bridgehead atoms. The topological polar surface area (TPSA) is 105 Å². The highest BCUT2D eigenvalue weighted by Crippen LogP contribution is 2.44. The van der Waals surface area contributed by atoms with E-state index in [2.05, 4.69) is 34.9 Å². The number of aliphatic carboxylic acids is 1. The van der Waals surface area contributed by atoms with Crippen LogP contribution in [0.3, 0.4) is 0 Å². The second kappa shape index (κ2) is 10.9. The Morgan fingerprint density at radius 2 is 1.63 bits per heavy atom. The number of ether oxygens (including phenoxy) is 1. The third-order valence-electron chi connectivity index (χ3n) is 7.39. The number of carbonyl (C=O) groups excluding carboxylic acids is 2. The van der Waals surface area contributed by atoms with E-state index in [1.165, 1.54) is 11.1 Å². The van der Waals surface area contributed by atoms with Crippen molar-refractivity contribution in [2.75, 3.05) is 13.2 Å². The molecule has 0 radical (unpaired) electrons. The summed E-state index contributed by atoms with van der Waals surface area (Å²) in [5.41, 5.74) is 4.63. The molecule has 7 nitrogen and oxygen atoms in total. The van der Waals surface area contributed by atoms with Gasteiger partial charge in [-0.25, -0.2) is 4.79 Å². The molecule has 0 heterocycles. The molecule has 35 heavy (non-hydrogen) atoms. The van der Waals surface area contributed by atoms with Crippen LogP contribution in [-0.2, 0) is 14.3 Å². The normalized spacial score (nSPS) is 19.6. The Kier molecular flexibility index (Phi) is 7.73. The van der Waals surface area contributed by atoms with Crippen LogP contribution in [0.2, 0.25) is 0 Å². The first-order chi connectivity index (χ1) is 16.8. The van der Waals surface area contributed by atoms with Crippen LogP contribution in [0.4, 0.5) is 4.79 Å². The van der Waals surface area contributed by atoms with E-state index >= 15 is 0 Å². The van der Waals surface area contributed by atoms with Crippen molar-refractivity contribution in [3.05, 3.63) is 59.7 Å². The predicted molar refractivity (Wildman–Crippen MR) is 133 cm³/mol. The molecule has 4 rings (SSSR count). The summed E-state index contributed by atoms with van der Waals surface area (Å²) < 4.78 is 5.64.